The van der Waals surface area contributed by atoms with E-state index in [0.29, 0.717) is 25.6 Å². The minimum absolute atomic E-state index is 0.0114. The van der Waals surface area contributed by atoms with Crippen LogP contribution in [0.4, 0.5) is 0 Å². The van der Waals surface area contributed by atoms with Gasteiger partial charge in [-0.15, -0.1) is 5.06 Å². The Kier molecular flexibility index (Phi) is 5.71. The number of hydrogen-bond donors (Lipinski definition) is 0. The number of rotatable bonds is 4. The van der Waals surface area contributed by atoms with Crippen molar-refractivity contribution in [2.75, 3.05) is 19.7 Å². The van der Waals surface area contributed by atoms with E-state index in [2.05, 4.69) is 0 Å². The number of piperidine rings is 1. The summed E-state index contributed by atoms with van der Waals surface area (Å²) < 4.78 is 5.38. The van der Waals surface area contributed by atoms with Crippen LogP contribution in [0.5, 0.6) is 0 Å². The summed E-state index contributed by atoms with van der Waals surface area (Å²) in [6.07, 6.45) is 5.87. The number of esters is 1. The van der Waals surface area contributed by atoms with Crippen molar-refractivity contribution in [3.05, 3.63) is 0 Å². The van der Waals surface area contributed by atoms with E-state index in [4.69, 9.17) is 9.57 Å². The maximum Gasteiger partial charge on any atom is 0.330 e. The number of carbonyl (C=O) groups excluding carboxylic acids is 2. The van der Waals surface area contributed by atoms with E-state index in [1.165, 1.54) is 0 Å². The van der Waals surface area contributed by atoms with Crippen LogP contribution < -0.4 is 0 Å². The molecule has 0 aromatic heterocycles. The van der Waals surface area contributed by atoms with E-state index in [-0.39, 0.29) is 17.4 Å². The highest BCUT2D eigenvalue weighted by atomic mass is 16.7. The lowest BCUT2D eigenvalue weighted by Crippen LogP contribution is -2.45. The van der Waals surface area contributed by atoms with Crippen LogP contribution in [0.1, 0.15) is 66.2 Å². The Morgan fingerprint density at radius 1 is 1.13 bits per heavy atom. The third kappa shape index (κ3) is 4.06. The van der Waals surface area contributed by atoms with Crippen LogP contribution in [0.3, 0.4) is 0 Å². The fraction of sp³-hybridized carbons (Fsp3) is 0.889. The van der Waals surface area contributed by atoms with Crippen LogP contribution in [-0.4, -0.2) is 36.7 Å². The largest absolute Gasteiger partial charge is 0.466 e. The molecule has 5 heteroatoms. The summed E-state index contributed by atoms with van der Waals surface area (Å²) in [5.41, 5.74) is -0.787. The molecule has 0 bridgehead atoms. The monoisotopic (exact) mass is 325 g/mol. The zero-order valence-electron chi connectivity index (χ0n) is 15.0. The van der Waals surface area contributed by atoms with E-state index >= 15 is 0 Å². The third-order valence-corrected chi connectivity index (χ3v) is 5.24. The predicted octanol–water partition coefficient (Wildman–Crippen LogP) is 3.33. The van der Waals surface area contributed by atoms with E-state index < -0.39 is 5.41 Å². The van der Waals surface area contributed by atoms with Crippen LogP contribution in [0.25, 0.3) is 0 Å². The molecule has 2 fully saturated rings. The van der Waals surface area contributed by atoms with Crippen molar-refractivity contribution in [3.63, 3.8) is 0 Å². The molecular formula is C18H31NO4. The zero-order chi connectivity index (χ0) is 17.1. The fourth-order valence-electron chi connectivity index (χ4n) is 3.81. The van der Waals surface area contributed by atoms with Crippen LogP contribution in [0.2, 0.25) is 0 Å². The van der Waals surface area contributed by atoms with Crippen LogP contribution >= 0.6 is 0 Å². The van der Waals surface area contributed by atoms with E-state index in [0.717, 1.165) is 38.5 Å². The van der Waals surface area contributed by atoms with Crippen molar-refractivity contribution in [1.82, 2.24) is 5.06 Å². The molecule has 0 aromatic carbocycles. The Morgan fingerprint density at radius 2 is 1.70 bits per heavy atom. The number of hydrogen-bond acceptors (Lipinski definition) is 5. The molecule has 1 saturated heterocycles. The molecular weight excluding hydrogens is 294 g/mol. The summed E-state index contributed by atoms with van der Waals surface area (Å²) in [6, 6.07) is 0. The van der Waals surface area contributed by atoms with Gasteiger partial charge in [-0.25, -0.2) is 4.79 Å². The van der Waals surface area contributed by atoms with Crippen molar-refractivity contribution >= 4 is 11.9 Å². The van der Waals surface area contributed by atoms with Gasteiger partial charge in [0, 0.05) is 13.1 Å². The molecule has 0 aromatic rings. The SMILES string of the molecule is CCOC(=O)C1(C2CCN(OC(=O)C(C)(C)C)CC2)CCCC1. The first-order valence-corrected chi connectivity index (χ1v) is 8.94. The molecule has 0 unspecified atom stereocenters. The smallest absolute Gasteiger partial charge is 0.330 e. The molecule has 1 aliphatic carbocycles. The van der Waals surface area contributed by atoms with Gasteiger partial charge in [0.2, 0.25) is 0 Å². The normalized spacial score (nSPS) is 22.8. The Bertz CT molecular complexity index is 427. The molecule has 1 heterocycles. The number of carbonyl (C=O) groups is 2. The number of hydroxylamine groups is 2. The summed E-state index contributed by atoms with van der Waals surface area (Å²) in [5, 5.41) is 1.76. The Morgan fingerprint density at radius 3 is 2.17 bits per heavy atom. The summed E-state index contributed by atoms with van der Waals surface area (Å²) in [4.78, 5) is 30.0. The molecule has 0 atom stereocenters. The first-order chi connectivity index (χ1) is 10.8. The Balaban J connectivity index is 1.94. The highest BCUT2D eigenvalue weighted by Crippen LogP contribution is 2.49. The van der Waals surface area contributed by atoms with Crippen LogP contribution in [0.15, 0.2) is 0 Å². The molecule has 0 amide bonds. The summed E-state index contributed by atoms with van der Waals surface area (Å²) in [7, 11) is 0. The molecule has 2 rings (SSSR count). The summed E-state index contributed by atoms with van der Waals surface area (Å²) >= 11 is 0. The van der Waals surface area contributed by atoms with Gasteiger partial charge in [0.25, 0.3) is 0 Å². The van der Waals surface area contributed by atoms with Gasteiger partial charge >= 0.3 is 11.9 Å². The van der Waals surface area contributed by atoms with Gasteiger partial charge in [-0.05, 0) is 59.3 Å². The highest BCUT2D eigenvalue weighted by molar-refractivity contribution is 5.77. The molecule has 5 nitrogen and oxygen atoms in total. The standard InChI is InChI=1S/C18H31NO4/c1-5-22-16(21)18(10-6-7-11-18)14-8-12-19(13-9-14)23-15(20)17(2,3)4/h14H,5-13H2,1-4H3. The maximum atomic E-state index is 12.5. The Labute approximate surface area is 139 Å². The molecule has 1 aliphatic heterocycles. The van der Waals surface area contributed by atoms with Gasteiger partial charge in [0.1, 0.15) is 0 Å². The molecule has 0 spiro atoms. The minimum Gasteiger partial charge on any atom is -0.466 e. The number of ether oxygens (including phenoxy) is 1. The lowest BCUT2D eigenvalue weighted by Gasteiger charge is -2.40. The molecule has 2 aliphatic rings. The lowest BCUT2D eigenvalue weighted by atomic mass is 9.69. The molecule has 1 saturated carbocycles. The van der Waals surface area contributed by atoms with Gasteiger partial charge in [-0.1, -0.05) is 12.8 Å². The molecule has 132 valence electrons. The van der Waals surface area contributed by atoms with Crippen LogP contribution in [-0.2, 0) is 19.2 Å². The van der Waals surface area contributed by atoms with Crippen molar-refractivity contribution in [3.8, 4) is 0 Å². The second-order valence-corrected chi connectivity index (χ2v) is 7.92. The summed E-state index contributed by atoms with van der Waals surface area (Å²) in [6.45, 7) is 9.29. The van der Waals surface area contributed by atoms with E-state index in [1.54, 1.807) is 5.06 Å². The van der Waals surface area contributed by atoms with Gasteiger partial charge in [-0.3, -0.25) is 4.79 Å². The number of nitrogens with zero attached hydrogens (tertiary/aromatic N) is 1. The molecule has 0 N–H and O–H groups in total. The van der Waals surface area contributed by atoms with Gasteiger partial charge in [-0.2, -0.15) is 0 Å². The third-order valence-electron chi connectivity index (χ3n) is 5.24. The average molecular weight is 325 g/mol. The molecule has 23 heavy (non-hydrogen) atoms. The zero-order valence-corrected chi connectivity index (χ0v) is 15.0. The predicted molar refractivity (Wildman–Crippen MR) is 87.4 cm³/mol. The van der Waals surface area contributed by atoms with E-state index in [9.17, 15) is 9.59 Å². The first kappa shape index (κ1) is 18.2. The topological polar surface area (TPSA) is 55.8 Å². The minimum atomic E-state index is -0.492. The van der Waals surface area contributed by atoms with Gasteiger partial charge in [0.15, 0.2) is 0 Å². The van der Waals surface area contributed by atoms with Gasteiger partial charge < -0.3 is 9.57 Å². The lowest BCUT2D eigenvalue weighted by molar-refractivity contribution is -0.209. The average Bonchev–Trinajstić information content (AvgIpc) is 2.98. The molecule has 0 radical (unpaired) electrons. The van der Waals surface area contributed by atoms with Crippen LogP contribution in [0, 0.1) is 16.7 Å². The van der Waals surface area contributed by atoms with Gasteiger partial charge in [0.05, 0.1) is 17.4 Å². The quantitative estimate of drug-likeness (QED) is 0.742. The first-order valence-electron chi connectivity index (χ1n) is 8.94. The maximum absolute atomic E-state index is 12.5. The fourth-order valence-corrected chi connectivity index (χ4v) is 3.81. The summed E-state index contributed by atoms with van der Waals surface area (Å²) in [5.74, 6) is 0.133. The second-order valence-electron chi connectivity index (χ2n) is 7.92. The van der Waals surface area contributed by atoms with E-state index in [1.807, 2.05) is 27.7 Å². The van der Waals surface area contributed by atoms with Crippen molar-refractivity contribution in [2.24, 2.45) is 16.7 Å². The van der Waals surface area contributed by atoms with Crippen molar-refractivity contribution in [2.45, 2.75) is 66.2 Å². The highest BCUT2D eigenvalue weighted by Gasteiger charge is 2.49. The Hall–Kier alpha value is -1.10. The van der Waals surface area contributed by atoms with Crippen molar-refractivity contribution in [1.29, 1.82) is 0 Å². The second kappa shape index (κ2) is 7.20. The van der Waals surface area contributed by atoms with Crippen molar-refractivity contribution < 1.29 is 19.2 Å².